The van der Waals surface area contributed by atoms with Gasteiger partial charge in [0, 0.05) is 12.1 Å². The second kappa shape index (κ2) is 10.6. The van der Waals surface area contributed by atoms with Crippen LogP contribution in [0.4, 0.5) is 26.3 Å². The smallest absolute Gasteiger partial charge is 0.416 e. The van der Waals surface area contributed by atoms with Crippen LogP contribution in [0.2, 0.25) is 0 Å². The van der Waals surface area contributed by atoms with Gasteiger partial charge in [-0.25, -0.2) is 9.67 Å². The van der Waals surface area contributed by atoms with Crippen molar-refractivity contribution in [2.24, 2.45) is 0 Å². The molecule has 14 heteroatoms. The number of rotatable bonds is 9. The summed E-state index contributed by atoms with van der Waals surface area (Å²) >= 11 is 0. The minimum Gasteiger partial charge on any atom is -0.480 e. The van der Waals surface area contributed by atoms with Crippen LogP contribution in [0, 0.1) is 0 Å². The van der Waals surface area contributed by atoms with E-state index < -0.39 is 54.0 Å². The van der Waals surface area contributed by atoms with Crippen LogP contribution < -0.4 is 0 Å². The molecule has 3 rings (SSSR count). The molecule has 3 aromatic rings. The summed E-state index contributed by atoms with van der Waals surface area (Å²) in [5, 5.41) is 24.6. The topological polar surface area (TPSA) is 109 Å². The van der Waals surface area contributed by atoms with E-state index in [9.17, 15) is 46.1 Å². The highest BCUT2D eigenvalue weighted by Crippen LogP contribution is 2.33. The molecule has 37 heavy (non-hydrogen) atoms. The number of hydrogen-bond acceptors (Lipinski definition) is 5. The van der Waals surface area contributed by atoms with Crippen LogP contribution in [0.15, 0.2) is 61.2 Å². The van der Waals surface area contributed by atoms with E-state index in [0.717, 1.165) is 47.6 Å². The maximum absolute atomic E-state index is 13.0. The van der Waals surface area contributed by atoms with Crippen molar-refractivity contribution in [2.75, 3.05) is 13.1 Å². The number of carbonyl (C=O) groups is 2. The molecule has 0 saturated heterocycles. The van der Waals surface area contributed by atoms with Gasteiger partial charge in [-0.15, -0.1) is 0 Å². The number of hydrogen-bond donors (Lipinski definition) is 2. The average molecular weight is 530 g/mol. The lowest BCUT2D eigenvalue weighted by Gasteiger charge is -2.31. The molecule has 1 amide bonds. The summed E-state index contributed by atoms with van der Waals surface area (Å²) in [6.45, 7) is -1.54. The van der Waals surface area contributed by atoms with Gasteiger partial charge in [0.1, 0.15) is 24.8 Å². The molecule has 0 aliphatic rings. The zero-order chi connectivity index (χ0) is 27.4. The summed E-state index contributed by atoms with van der Waals surface area (Å²) in [5.74, 6) is -2.33. The van der Waals surface area contributed by atoms with Crippen molar-refractivity contribution in [3.05, 3.63) is 83.4 Å². The first-order valence-electron chi connectivity index (χ1n) is 10.6. The normalized spacial score (nSPS) is 13.7. The lowest BCUT2D eigenvalue weighted by Crippen LogP contribution is -2.41. The van der Waals surface area contributed by atoms with Crippen molar-refractivity contribution in [1.29, 1.82) is 0 Å². The first kappa shape index (κ1) is 27.6. The van der Waals surface area contributed by atoms with Crippen LogP contribution in [0.25, 0.3) is 0 Å². The van der Waals surface area contributed by atoms with E-state index in [4.69, 9.17) is 0 Å². The highest BCUT2D eigenvalue weighted by Gasteiger charge is 2.35. The molecule has 0 aliphatic carbocycles. The largest absolute Gasteiger partial charge is 0.480 e. The Morgan fingerprint density at radius 1 is 0.865 bits per heavy atom. The highest BCUT2D eigenvalue weighted by molar-refractivity contribution is 5.95. The fourth-order valence-electron chi connectivity index (χ4n) is 3.59. The van der Waals surface area contributed by atoms with Crippen LogP contribution in [-0.2, 0) is 29.3 Å². The monoisotopic (exact) mass is 530 g/mol. The van der Waals surface area contributed by atoms with Crippen molar-refractivity contribution in [3.8, 4) is 0 Å². The zero-order valence-corrected chi connectivity index (χ0v) is 18.9. The molecule has 198 valence electrons. The first-order chi connectivity index (χ1) is 17.2. The lowest BCUT2D eigenvalue weighted by atomic mass is 9.89. The molecule has 0 saturated carbocycles. The fraction of sp³-hybridized carbons (Fsp3) is 0.304. The number of alkyl halides is 6. The van der Waals surface area contributed by atoms with Crippen LogP contribution in [0.5, 0.6) is 0 Å². The van der Waals surface area contributed by atoms with Gasteiger partial charge in [0.2, 0.25) is 0 Å². The van der Waals surface area contributed by atoms with Crippen LogP contribution in [0.3, 0.4) is 0 Å². The number of halogens is 6. The summed E-state index contributed by atoms with van der Waals surface area (Å²) in [6, 6.07) is 6.80. The fourth-order valence-corrected chi connectivity index (χ4v) is 3.59. The molecule has 0 bridgehead atoms. The molecule has 0 aliphatic heterocycles. The van der Waals surface area contributed by atoms with E-state index in [2.05, 4.69) is 10.1 Å². The van der Waals surface area contributed by atoms with Gasteiger partial charge < -0.3 is 15.1 Å². The van der Waals surface area contributed by atoms with Crippen LogP contribution >= 0.6 is 0 Å². The van der Waals surface area contributed by atoms with Gasteiger partial charge >= 0.3 is 18.3 Å². The molecule has 0 spiro atoms. The SMILES string of the molecule is O=C(O)CN(CCC(O)(Cn1cncn1)c1ccc(C(F)(F)F)cc1)C(=O)c1ccc(C(F)(F)F)cc1. The first-order valence-corrected chi connectivity index (χ1v) is 10.6. The predicted molar refractivity (Wildman–Crippen MR) is 115 cm³/mol. The van der Waals surface area contributed by atoms with Crippen molar-refractivity contribution >= 4 is 11.9 Å². The number of amides is 1. The van der Waals surface area contributed by atoms with Crippen LogP contribution in [0.1, 0.15) is 33.5 Å². The molecule has 2 N–H and O–H groups in total. The Bertz CT molecular complexity index is 1210. The second-order valence-corrected chi connectivity index (χ2v) is 8.15. The Labute approximate surface area is 205 Å². The predicted octanol–water partition coefficient (Wildman–Crippen LogP) is 3.82. The zero-order valence-electron chi connectivity index (χ0n) is 18.9. The molecule has 8 nitrogen and oxygen atoms in total. The van der Waals surface area contributed by atoms with Gasteiger partial charge in [0.25, 0.3) is 5.91 Å². The summed E-state index contributed by atoms with van der Waals surface area (Å²) < 4.78 is 78.7. The van der Waals surface area contributed by atoms with Crippen molar-refractivity contribution in [1.82, 2.24) is 19.7 Å². The molecule has 1 heterocycles. The maximum atomic E-state index is 13.0. The van der Waals surface area contributed by atoms with Gasteiger partial charge in [0.15, 0.2) is 0 Å². The number of carbonyl (C=O) groups excluding carboxylic acids is 1. The molecule has 1 aromatic heterocycles. The maximum Gasteiger partial charge on any atom is 0.416 e. The van der Waals surface area contributed by atoms with E-state index in [1.165, 1.54) is 11.0 Å². The van der Waals surface area contributed by atoms with E-state index >= 15 is 0 Å². The Kier molecular flexibility index (Phi) is 7.91. The number of benzene rings is 2. The molecular formula is C23H20F6N4O4. The van der Waals surface area contributed by atoms with Gasteiger partial charge in [-0.2, -0.15) is 31.4 Å². The molecule has 2 aromatic carbocycles. The molecule has 0 radical (unpaired) electrons. The van der Waals surface area contributed by atoms with Crippen molar-refractivity contribution in [3.63, 3.8) is 0 Å². The number of carboxylic acid groups (broad SMARTS) is 1. The van der Waals surface area contributed by atoms with E-state index in [0.29, 0.717) is 12.1 Å². The van der Waals surface area contributed by atoms with E-state index in [-0.39, 0.29) is 24.1 Å². The Balaban J connectivity index is 1.88. The summed E-state index contributed by atoms with van der Waals surface area (Å²) in [5.41, 5.74) is -4.06. The summed E-state index contributed by atoms with van der Waals surface area (Å²) in [7, 11) is 0. The average Bonchev–Trinajstić information content (AvgIpc) is 3.33. The van der Waals surface area contributed by atoms with Crippen molar-refractivity contribution < 1.29 is 46.1 Å². The van der Waals surface area contributed by atoms with Gasteiger partial charge in [-0.05, 0) is 48.4 Å². The number of aliphatic hydroxyl groups is 1. The quantitative estimate of drug-likeness (QED) is 0.408. The van der Waals surface area contributed by atoms with Gasteiger partial charge in [-0.1, -0.05) is 12.1 Å². The number of aromatic nitrogens is 3. The van der Waals surface area contributed by atoms with E-state index in [1.54, 1.807) is 0 Å². The standard InChI is InChI=1S/C23H20F6N4O4/c24-22(25,26)17-3-1-15(2-4-17)20(36)32(11-19(34)35)10-9-21(37,12-33-14-30-13-31-33)16-5-7-18(8-6-16)23(27,28)29/h1-8,13-14,37H,9-12H2,(H,34,35). The molecule has 1 atom stereocenters. The van der Waals surface area contributed by atoms with Gasteiger partial charge in [-0.3, -0.25) is 9.59 Å². The third kappa shape index (κ3) is 7.06. The number of nitrogens with zero attached hydrogens (tertiary/aromatic N) is 4. The summed E-state index contributed by atoms with van der Waals surface area (Å²) in [4.78, 5) is 28.8. The molecule has 0 fully saturated rings. The van der Waals surface area contributed by atoms with Crippen molar-refractivity contribution in [2.45, 2.75) is 30.9 Å². The minimum atomic E-state index is -4.64. The third-order valence-corrected chi connectivity index (χ3v) is 5.51. The number of carboxylic acids is 1. The molecule has 1 unspecified atom stereocenters. The highest BCUT2D eigenvalue weighted by atomic mass is 19.4. The Hall–Kier alpha value is -3.94. The Morgan fingerprint density at radius 3 is 1.84 bits per heavy atom. The third-order valence-electron chi connectivity index (χ3n) is 5.51. The van der Waals surface area contributed by atoms with E-state index in [1.807, 2.05) is 0 Å². The van der Waals surface area contributed by atoms with Gasteiger partial charge in [0.05, 0.1) is 17.7 Å². The second-order valence-electron chi connectivity index (χ2n) is 8.15. The molecular weight excluding hydrogens is 510 g/mol. The number of aliphatic carboxylic acids is 1. The summed E-state index contributed by atoms with van der Waals surface area (Å²) in [6.07, 6.45) is -7.19. The minimum absolute atomic E-state index is 0.0354. The Morgan fingerprint density at radius 2 is 1.38 bits per heavy atom. The van der Waals surface area contributed by atoms with Crippen LogP contribution in [-0.4, -0.2) is 54.8 Å². The lowest BCUT2D eigenvalue weighted by molar-refractivity contribution is -0.138.